The fourth-order valence-electron chi connectivity index (χ4n) is 2.29. The molecule has 0 aliphatic heterocycles. The molecule has 2 aromatic carbocycles. The molecule has 0 atom stereocenters. The van der Waals surface area contributed by atoms with Gasteiger partial charge in [0.1, 0.15) is 0 Å². The minimum atomic E-state index is -0.996. The molecular weight excluding hydrogens is 324 g/mol. The molecule has 0 saturated carbocycles. The smallest absolute Gasteiger partial charge is 0.335 e. The van der Waals surface area contributed by atoms with Crippen LogP contribution in [0.2, 0.25) is 0 Å². The Bertz CT molecular complexity index is 907. The van der Waals surface area contributed by atoms with Crippen molar-refractivity contribution in [2.75, 3.05) is 19.5 Å². The maximum Gasteiger partial charge on any atom is 0.335 e. The third-order valence-electron chi connectivity index (χ3n) is 3.51. The average Bonchev–Trinajstić information content (AvgIpc) is 3.09. The van der Waals surface area contributed by atoms with E-state index >= 15 is 0 Å². The highest BCUT2D eigenvalue weighted by atomic mass is 16.5. The Morgan fingerprint density at radius 1 is 1.12 bits per heavy atom. The van der Waals surface area contributed by atoms with Gasteiger partial charge in [-0.1, -0.05) is 6.07 Å². The average molecular weight is 340 g/mol. The van der Waals surface area contributed by atoms with Crippen LogP contribution in [0.4, 0.5) is 11.6 Å². The number of anilines is 2. The Morgan fingerprint density at radius 3 is 2.64 bits per heavy atom. The first-order valence-corrected chi connectivity index (χ1v) is 7.36. The second-order valence-electron chi connectivity index (χ2n) is 5.09. The quantitative estimate of drug-likeness (QED) is 0.633. The van der Waals surface area contributed by atoms with E-state index in [2.05, 4.69) is 20.5 Å². The fraction of sp³-hybridized carbons (Fsp3) is 0.118. The molecular formula is C17H16N4O4. The van der Waals surface area contributed by atoms with Crippen molar-refractivity contribution >= 4 is 17.6 Å². The van der Waals surface area contributed by atoms with E-state index in [0.29, 0.717) is 29.0 Å². The molecule has 3 aromatic rings. The van der Waals surface area contributed by atoms with Crippen LogP contribution in [0.15, 0.2) is 42.5 Å². The third kappa shape index (κ3) is 3.52. The van der Waals surface area contributed by atoms with Crippen LogP contribution >= 0.6 is 0 Å². The Balaban J connectivity index is 1.83. The number of aromatic nitrogens is 3. The van der Waals surface area contributed by atoms with Crippen LogP contribution in [0.3, 0.4) is 0 Å². The van der Waals surface area contributed by atoms with Gasteiger partial charge in [0.05, 0.1) is 19.8 Å². The van der Waals surface area contributed by atoms with E-state index < -0.39 is 5.97 Å². The monoisotopic (exact) mass is 340 g/mol. The molecule has 3 N–H and O–H groups in total. The number of aromatic amines is 1. The van der Waals surface area contributed by atoms with E-state index in [1.165, 1.54) is 12.1 Å². The number of nitrogens with one attached hydrogen (secondary N) is 2. The maximum absolute atomic E-state index is 11.0. The summed E-state index contributed by atoms with van der Waals surface area (Å²) in [7, 11) is 3.13. The van der Waals surface area contributed by atoms with Crippen LogP contribution in [0.1, 0.15) is 10.4 Å². The van der Waals surface area contributed by atoms with E-state index in [-0.39, 0.29) is 5.56 Å². The first-order valence-electron chi connectivity index (χ1n) is 7.36. The number of H-pyrrole nitrogens is 1. The molecule has 8 nitrogen and oxygen atoms in total. The van der Waals surface area contributed by atoms with Gasteiger partial charge in [0.25, 0.3) is 0 Å². The van der Waals surface area contributed by atoms with Gasteiger partial charge < -0.3 is 19.9 Å². The number of carboxylic acids is 1. The lowest BCUT2D eigenvalue weighted by Gasteiger charge is -2.08. The molecule has 0 amide bonds. The maximum atomic E-state index is 11.0. The fourth-order valence-corrected chi connectivity index (χ4v) is 2.29. The topological polar surface area (TPSA) is 109 Å². The molecule has 1 aromatic heterocycles. The minimum Gasteiger partial charge on any atom is -0.493 e. The van der Waals surface area contributed by atoms with E-state index in [1.54, 1.807) is 38.5 Å². The van der Waals surface area contributed by atoms with Crippen LogP contribution in [0.25, 0.3) is 11.4 Å². The van der Waals surface area contributed by atoms with Crippen LogP contribution in [0.5, 0.6) is 11.5 Å². The predicted molar refractivity (Wildman–Crippen MR) is 91.6 cm³/mol. The van der Waals surface area contributed by atoms with Gasteiger partial charge in [0, 0.05) is 11.3 Å². The molecule has 1 heterocycles. The zero-order valence-corrected chi connectivity index (χ0v) is 13.6. The normalized spacial score (nSPS) is 10.3. The van der Waals surface area contributed by atoms with Crippen molar-refractivity contribution in [3.8, 4) is 22.9 Å². The van der Waals surface area contributed by atoms with Gasteiger partial charge in [-0.15, -0.1) is 5.10 Å². The molecule has 0 aliphatic carbocycles. The number of hydrogen-bond donors (Lipinski definition) is 3. The van der Waals surface area contributed by atoms with Gasteiger partial charge in [-0.05, 0) is 36.4 Å². The van der Waals surface area contributed by atoms with Crippen LogP contribution in [0, 0.1) is 0 Å². The van der Waals surface area contributed by atoms with Gasteiger partial charge in [-0.3, -0.25) is 5.10 Å². The lowest BCUT2D eigenvalue weighted by atomic mass is 10.2. The van der Waals surface area contributed by atoms with Crippen LogP contribution in [-0.2, 0) is 0 Å². The molecule has 25 heavy (non-hydrogen) atoms. The molecule has 0 aliphatic rings. The van der Waals surface area contributed by atoms with E-state index in [0.717, 1.165) is 5.56 Å². The highest BCUT2D eigenvalue weighted by Crippen LogP contribution is 2.31. The van der Waals surface area contributed by atoms with Gasteiger partial charge in [0.15, 0.2) is 17.3 Å². The number of aromatic carboxylic acids is 1. The number of nitrogens with zero attached hydrogens (tertiary/aromatic N) is 2. The first-order chi connectivity index (χ1) is 12.1. The van der Waals surface area contributed by atoms with Gasteiger partial charge in [-0.2, -0.15) is 4.98 Å². The van der Waals surface area contributed by atoms with Crippen molar-refractivity contribution in [3.05, 3.63) is 48.0 Å². The molecule has 8 heteroatoms. The summed E-state index contributed by atoms with van der Waals surface area (Å²) in [5, 5.41) is 18.9. The predicted octanol–water partition coefficient (Wildman–Crippen LogP) is 2.93. The number of carbonyl (C=O) groups is 1. The largest absolute Gasteiger partial charge is 0.493 e. The summed E-state index contributed by atoms with van der Waals surface area (Å²) in [6, 6.07) is 11.8. The highest BCUT2D eigenvalue weighted by molar-refractivity contribution is 5.89. The Morgan fingerprint density at radius 2 is 1.92 bits per heavy atom. The van der Waals surface area contributed by atoms with E-state index in [1.807, 2.05) is 6.07 Å². The molecule has 0 spiro atoms. The molecule has 0 fully saturated rings. The van der Waals surface area contributed by atoms with Crippen molar-refractivity contribution in [2.45, 2.75) is 0 Å². The van der Waals surface area contributed by atoms with Gasteiger partial charge in [0.2, 0.25) is 5.95 Å². The Kier molecular flexibility index (Phi) is 4.51. The number of ether oxygens (including phenoxy) is 2. The summed E-state index contributed by atoms with van der Waals surface area (Å²) < 4.78 is 10.5. The number of methoxy groups -OCH3 is 2. The van der Waals surface area contributed by atoms with Gasteiger partial charge >= 0.3 is 5.97 Å². The lowest BCUT2D eigenvalue weighted by molar-refractivity contribution is 0.0697. The molecule has 0 saturated heterocycles. The first kappa shape index (κ1) is 16.3. The minimum absolute atomic E-state index is 0.181. The number of hydrogen-bond acceptors (Lipinski definition) is 6. The summed E-state index contributed by atoms with van der Waals surface area (Å²) in [5.41, 5.74) is 1.54. The highest BCUT2D eigenvalue weighted by Gasteiger charge is 2.11. The number of rotatable bonds is 6. The van der Waals surface area contributed by atoms with Crippen molar-refractivity contribution in [3.63, 3.8) is 0 Å². The second kappa shape index (κ2) is 6.91. The van der Waals surface area contributed by atoms with Gasteiger partial charge in [-0.25, -0.2) is 4.79 Å². The SMILES string of the molecule is COc1ccc(-c2nc(Nc3cccc(C(=O)O)c3)n[nH]2)cc1OC. The van der Waals surface area contributed by atoms with Crippen LogP contribution < -0.4 is 14.8 Å². The zero-order chi connectivity index (χ0) is 17.8. The second-order valence-corrected chi connectivity index (χ2v) is 5.09. The van der Waals surface area contributed by atoms with Crippen molar-refractivity contribution in [2.24, 2.45) is 0 Å². The zero-order valence-electron chi connectivity index (χ0n) is 13.6. The van der Waals surface area contributed by atoms with Crippen molar-refractivity contribution in [1.29, 1.82) is 0 Å². The summed E-state index contributed by atoms with van der Waals surface area (Å²) in [6.07, 6.45) is 0. The third-order valence-corrected chi connectivity index (χ3v) is 3.51. The summed E-state index contributed by atoms with van der Waals surface area (Å²) in [6.45, 7) is 0. The van der Waals surface area contributed by atoms with Crippen molar-refractivity contribution < 1.29 is 19.4 Å². The Labute approximate surface area is 143 Å². The summed E-state index contributed by atoms with van der Waals surface area (Å²) in [5.74, 6) is 1.07. The summed E-state index contributed by atoms with van der Waals surface area (Å²) in [4.78, 5) is 15.4. The molecule has 0 bridgehead atoms. The van der Waals surface area contributed by atoms with Crippen LogP contribution in [-0.4, -0.2) is 40.5 Å². The van der Waals surface area contributed by atoms with Crippen molar-refractivity contribution in [1.82, 2.24) is 15.2 Å². The molecule has 128 valence electrons. The summed E-state index contributed by atoms with van der Waals surface area (Å²) >= 11 is 0. The molecule has 3 rings (SSSR count). The molecule has 0 unspecified atom stereocenters. The standard InChI is InChI=1S/C17H16N4O4/c1-24-13-7-6-10(9-14(13)25-2)15-19-17(21-20-15)18-12-5-3-4-11(8-12)16(22)23/h3-9H,1-2H3,(H,22,23)(H2,18,19,20,21). The van der Waals surface area contributed by atoms with E-state index in [9.17, 15) is 4.79 Å². The Hall–Kier alpha value is -3.55. The van der Waals surface area contributed by atoms with E-state index in [4.69, 9.17) is 14.6 Å². The lowest BCUT2D eigenvalue weighted by Crippen LogP contribution is -1.98. The molecule has 0 radical (unpaired) electrons. The number of benzene rings is 2. The number of carboxylic acid groups (broad SMARTS) is 1.